The number of halogens is 2. The summed E-state index contributed by atoms with van der Waals surface area (Å²) in [6.07, 6.45) is -2.89. The largest absolute Gasteiger partial charge is 0.394 e. The molecule has 0 aliphatic heterocycles. The van der Waals surface area contributed by atoms with Gasteiger partial charge in [0.2, 0.25) is 0 Å². The van der Waals surface area contributed by atoms with Crippen molar-refractivity contribution in [2.75, 3.05) is 6.61 Å². The van der Waals surface area contributed by atoms with Crippen LogP contribution >= 0.6 is 11.6 Å². The fourth-order valence-electron chi connectivity index (χ4n) is 1.05. The molecule has 0 fully saturated rings. The summed E-state index contributed by atoms with van der Waals surface area (Å²) in [7, 11) is 0. The number of benzene rings is 1. The monoisotopic (exact) mass is 220 g/mol. The molecule has 0 saturated heterocycles. The lowest BCUT2D eigenvalue weighted by Crippen LogP contribution is -2.22. The van der Waals surface area contributed by atoms with Crippen LogP contribution in [0.4, 0.5) is 4.39 Å². The second kappa shape index (κ2) is 4.70. The van der Waals surface area contributed by atoms with Crippen molar-refractivity contribution in [1.82, 2.24) is 0 Å². The highest BCUT2D eigenvalue weighted by Gasteiger charge is 2.20. The molecule has 5 heteroatoms. The Hall–Kier alpha value is -0.680. The van der Waals surface area contributed by atoms with Crippen molar-refractivity contribution in [2.45, 2.75) is 12.2 Å². The van der Waals surface area contributed by atoms with Gasteiger partial charge < -0.3 is 15.3 Å². The minimum absolute atomic E-state index is 0.126. The minimum atomic E-state index is -1.47. The number of aliphatic hydroxyl groups excluding tert-OH is 3. The van der Waals surface area contributed by atoms with Crippen LogP contribution in [0.2, 0.25) is 5.02 Å². The predicted octanol–water partition coefficient (Wildman–Crippen LogP) is 0.866. The number of hydrogen-bond acceptors (Lipinski definition) is 3. The summed E-state index contributed by atoms with van der Waals surface area (Å²) in [4.78, 5) is 0. The van der Waals surface area contributed by atoms with E-state index in [2.05, 4.69) is 0 Å². The number of rotatable bonds is 3. The van der Waals surface area contributed by atoms with E-state index < -0.39 is 24.6 Å². The molecule has 1 aromatic rings. The zero-order chi connectivity index (χ0) is 10.7. The van der Waals surface area contributed by atoms with Crippen molar-refractivity contribution in [3.63, 3.8) is 0 Å². The summed E-state index contributed by atoms with van der Waals surface area (Å²) < 4.78 is 13.1. The average molecular weight is 221 g/mol. The zero-order valence-corrected chi connectivity index (χ0v) is 7.95. The van der Waals surface area contributed by atoms with Gasteiger partial charge in [0.15, 0.2) is 0 Å². The molecule has 0 radical (unpaired) electrons. The summed E-state index contributed by atoms with van der Waals surface area (Å²) >= 11 is 5.59. The Morgan fingerprint density at radius 2 is 2.00 bits per heavy atom. The Bertz CT molecular complexity index is 319. The van der Waals surface area contributed by atoms with E-state index in [4.69, 9.17) is 21.8 Å². The molecule has 0 spiro atoms. The molecule has 78 valence electrons. The van der Waals surface area contributed by atoms with E-state index in [0.717, 1.165) is 6.07 Å². The standard InChI is InChI=1S/C9H10ClFO3/c10-5-1-2-7(11)6(3-5)9(14)8(13)4-12/h1-3,8-9,12-14H,4H2. The SMILES string of the molecule is OCC(O)C(O)c1cc(Cl)ccc1F. The van der Waals surface area contributed by atoms with Gasteiger partial charge in [-0.15, -0.1) is 0 Å². The lowest BCUT2D eigenvalue weighted by molar-refractivity contribution is -0.0168. The lowest BCUT2D eigenvalue weighted by Gasteiger charge is -2.16. The fourth-order valence-corrected chi connectivity index (χ4v) is 1.23. The van der Waals surface area contributed by atoms with Crippen LogP contribution in [-0.2, 0) is 0 Å². The van der Waals surface area contributed by atoms with Gasteiger partial charge in [-0.1, -0.05) is 11.6 Å². The van der Waals surface area contributed by atoms with Crippen LogP contribution in [0.1, 0.15) is 11.7 Å². The Balaban J connectivity index is 2.99. The molecule has 3 nitrogen and oxygen atoms in total. The van der Waals surface area contributed by atoms with Gasteiger partial charge in [-0.2, -0.15) is 0 Å². The second-order valence-electron chi connectivity index (χ2n) is 2.86. The number of hydrogen-bond donors (Lipinski definition) is 3. The molecular weight excluding hydrogens is 211 g/mol. The molecule has 14 heavy (non-hydrogen) atoms. The maximum atomic E-state index is 13.1. The summed E-state index contributed by atoms with van der Waals surface area (Å²) in [6, 6.07) is 3.63. The summed E-state index contributed by atoms with van der Waals surface area (Å²) in [5.41, 5.74) is -0.126. The first-order valence-electron chi connectivity index (χ1n) is 3.98. The van der Waals surface area contributed by atoms with Crippen LogP contribution in [0.3, 0.4) is 0 Å². The molecule has 1 rings (SSSR count). The molecule has 0 saturated carbocycles. The minimum Gasteiger partial charge on any atom is -0.394 e. The third kappa shape index (κ3) is 2.42. The topological polar surface area (TPSA) is 60.7 Å². The number of aliphatic hydroxyl groups is 3. The van der Waals surface area contributed by atoms with Crippen molar-refractivity contribution in [2.24, 2.45) is 0 Å². The summed E-state index contributed by atoms with van der Waals surface area (Å²) in [6.45, 7) is -0.646. The van der Waals surface area contributed by atoms with Gasteiger partial charge in [-0.05, 0) is 18.2 Å². The fraction of sp³-hybridized carbons (Fsp3) is 0.333. The molecule has 3 N–H and O–H groups in total. The van der Waals surface area contributed by atoms with Crippen molar-refractivity contribution < 1.29 is 19.7 Å². The Kier molecular flexibility index (Phi) is 3.83. The highest BCUT2D eigenvalue weighted by Crippen LogP contribution is 2.23. The van der Waals surface area contributed by atoms with Crippen LogP contribution in [-0.4, -0.2) is 28.0 Å². The van der Waals surface area contributed by atoms with E-state index in [-0.39, 0.29) is 10.6 Å². The van der Waals surface area contributed by atoms with Crippen molar-refractivity contribution in [1.29, 1.82) is 0 Å². The highest BCUT2D eigenvalue weighted by molar-refractivity contribution is 6.30. The second-order valence-corrected chi connectivity index (χ2v) is 3.30. The quantitative estimate of drug-likeness (QED) is 0.708. The molecule has 0 heterocycles. The van der Waals surface area contributed by atoms with Gasteiger partial charge in [-0.25, -0.2) is 4.39 Å². The van der Waals surface area contributed by atoms with Crippen molar-refractivity contribution in [3.05, 3.63) is 34.6 Å². The van der Waals surface area contributed by atoms with E-state index >= 15 is 0 Å². The van der Waals surface area contributed by atoms with E-state index in [1.807, 2.05) is 0 Å². The maximum absolute atomic E-state index is 13.1. The first kappa shape index (κ1) is 11.4. The molecular formula is C9H10ClFO3. The first-order chi connectivity index (χ1) is 6.56. The predicted molar refractivity (Wildman–Crippen MR) is 49.5 cm³/mol. The van der Waals surface area contributed by atoms with E-state index in [0.29, 0.717) is 0 Å². The third-order valence-electron chi connectivity index (χ3n) is 1.83. The Morgan fingerprint density at radius 3 is 2.57 bits per heavy atom. The van der Waals surface area contributed by atoms with Crippen molar-refractivity contribution >= 4 is 11.6 Å². The van der Waals surface area contributed by atoms with Crippen LogP contribution < -0.4 is 0 Å². The molecule has 0 aliphatic carbocycles. The van der Waals surface area contributed by atoms with E-state index in [1.165, 1.54) is 12.1 Å². The highest BCUT2D eigenvalue weighted by atomic mass is 35.5. The van der Waals surface area contributed by atoms with Gasteiger partial charge in [0.05, 0.1) is 6.61 Å². The smallest absolute Gasteiger partial charge is 0.129 e. The summed E-state index contributed by atoms with van der Waals surface area (Å²) in [5.74, 6) is -0.672. The van der Waals surface area contributed by atoms with Gasteiger partial charge in [0.1, 0.15) is 18.0 Å². The van der Waals surface area contributed by atoms with Crippen LogP contribution in [0, 0.1) is 5.82 Å². The Morgan fingerprint density at radius 1 is 1.36 bits per heavy atom. The van der Waals surface area contributed by atoms with Gasteiger partial charge in [0.25, 0.3) is 0 Å². The van der Waals surface area contributed by atoms with Crippen LogP contribution in [0.25, 0.3) is 0 Å². The van der Waals surface area contributed by atoms with Gasteiger partial charge in [-0.3, -0.25) is 0 Å². The molecule has 0 aromatic heterocycles. The zero-order valence-electron chi connectivity index (χ0n) is 7.19. The molecule has 0 bridgehead atoms. The maximum Gasteiger partial charge on any atom is 0.129 e. The van der Waals surface area contributed by atoms with Crippen LogP contribution in [0.5, 0.6) is 0 Å². The molecule has 2 atom stereocenters. The average Bonchev–Trinajstić information content (AvgIpc) is 2.19. The van der Waals surface area contributed by atoms with Crippen molar-refractivity contribution in [3.8, 4) is 0 Å². The van der Waals surface area contributed by atoms with E-state index in [9.17, 15) is 9.50 Å². The normalized spacial score (nSPS) is 15.2. The lowest BCUT2D eigenvalue weighted by atomic mass is 10.0. The Labute approximate surface area is 85.4 Å². The molecule has 0 aliphatic rings. The molecule has 1 aromatic carbocycles. The van der Waals surface area contributed by atoms with E-state index in [1.54, 1.807) is 0 Å². The molecule has 2 unspecified atom stereocenters. The molecule has 0 amide bonds. The summed E-state index contributed by atoms with van der Waals surface area (Å²) in [5, 5.41) is 27.3. The van der Waals surface area contributed by atoms with Crippen LogP contribution in [0.15, 0.2) is 18.2 Å². The third-order valence-corrected chi connectivity index (χ3v) is 2.06. The first-order valence-corrected chi connectivity index (χ1v) is 4.36. The van der Waals surface area contributed by atoms with Gasteiger partial charge >= 0.3 is 0 Å². The van der Waals surface area contributed by atoms with Gasteiger partial charge in [0, 0.05) is 10.6 Å².